The SMILES string of the molecule is O=C1C(c2ccc3c4c(cccc24)NC2(N3)C3CC4CC(C3)CC2C4)C(=O)C1c1ccc2c3c(cccc13)NC1(N2)C2CC3CC(C2)CC1C3. The molecular weight excluding hydrogens is 617 g/mol. The summed E-state index contributed by atoms with van der Waals surface area (Å²) in [5.74, 6) is 4.75. The van der Waals surface area contributed by atoms with E-state index in [0.717, 1.165) is 79.1 Å². The minimum absolute atomic E-state index is 0.0277. The van der Waals surface area contributed by atoms with E-state index in [1.807, 2.05) is 0 Å². The van der Waals surface area contributed by atoms with Crippen LogP contribution in [0.3, 0.4) is 0 Å². The molecule has 252 valence electrons. The molecule has 6 nitrogen and oxygen atoms in total. The zero-order valence-corrected chi connectivity index (χ0v) is 28.4. The van der Waals surface area contributed by atoms with Gasteiger partial charge in [0, 0.05) is 57.2 Å². The average Bonchev–Trinajstić information content (AvgIpc) is 3.11. The van der Waals surface area contributed by atoms with E-state index in [0.29, 0.717) is 23.7 Å². The molecule has 4 aromatic carbocycles. The molecule has 2 aliphatic heterocycles. The van der Waals surface area contributed by atoms with Crippen molar-refractivity contribution >= 4 is 55.9 Å². The zero-order valence-electron chi connectivity index (χ0n) is 28.4. The van der Waals surface area contributed by atoms with E-state index in [4.69, 9.17) is 0 Å². The van der Waals surface area contributed by atoms with Gasteiger partial charge in [-0.15, -0.1) is 0 Å². The Morgan fingerprint density at radius 1 is 0.420 bits per heavy atom. The number of carbonyl (C=O) groups excluding carboxylic acids is 2. The van der Waals surface area contributed by atoms with Crippen LogP contribution in [0.4, 0.5) is 22.7 Å². The Labute approximate surface area is 292 Å². The number of hydrogen-bond donors (Lipinski definition) is 4. The van der Waals surface area contributed by atoms with Crippen LogP contribution < -0.4 is 21.3 Å². The van der Waals surface area contributed by atoms with Crippen molar-refractivity contribution in [2.45, 2.75) is 87.4 Å². The monoisotopic (exact) mass is 660 g/mol. The van der Waals surface area contributed by atoms with Gasteiger partial charge in [-0.1, -0.05) is 36.4 Å². The summed E-state index contributed by atoms with van der Waals surface area (Å²) >= 11 is 0. The van der Waals surface area contributed by atoms with Crippen molar-refractivity contribution < 1.29 is 9.59 Å². The predicted octanol–water partition coefficient (Wildman–Crippen LogP) is 8.99. The molecule has 11 aliphatic rings. The first kappa shape index (κ1) is 27.6. The zero-order chi connectivity index (χ0) is 32.7. The van der Waals surface area contributed by atoms with E-state index in [1.165, 1.54) is 64.2 Å². The average molecular weight is 661 g/mol. The quantitative estimate of drug-likeness (QED) is 0.161. The summed E-state index contributed by atoms with van der Waals surface area (Å²) in [5, 5.41) is 20.6. The first-order valence-electron chi connectivity index (χ1n) is 19.8. The molecule has 9 saturated carbocycles. The summed E-state index contributed by atoms with van der Waals surface area (Å²) in [5.41, 5.74) is 6.16. The van der Waals surface area contributed by atoms with Crippen LogP contribution in [0.1, 0.15) is 87.2 Å². The summed E-state index contributed by atoms with van der Waals surface area (Å²) in [6.07, 6.45) is 13.4. The molecule has 0 aromatic heterocycles. The minimum atomic E-state index is -0.722. The van der Waals surface area contributed by atoms with Gasteiger partial charge in [-0.2, -0.15) is 0 Å². The third-order valence-electron chi connectivity index (χ3n) is 16.1. The summed E-state index contributed by atoms with van der Waals surface area (Å²) in [4.78, 5) is 28.6. The van der Waals surface area contributed by atoms with Crippen molar-refractivity contribution in [2.24, 2.45) is 47.3 Å². The van der Waals surface area contributed by atoms with Gasteiger partial charge >= 0.3 is 0 Å². The van der Waals surface area contributed by atoms with Crippen LogP contribution in [-0.2, 0) is 9.59 Å². The number of benzene rings is 4. The van der Waals surface area contributed by atoms with E-state index >= 15 is 0 Å². The highest BCUT2D eigenvalue weighted by molar-refractivity contribution is 6.33. The lowest BCUT2D eigenvalue weighted by Gasteiger charge is -2.63. The minimum Gasteiger partial charge on any atom is -0.362 e. The Bertz CT molecular complexity index is 1980. The van der Waals surface area contributed by atoms with Crippen molar-refractivity contribution in [1.82, 2.24) is 0 Å². The molecular formula is C44H44N4O2. The largest absolute Gasteiger partial charge is 0.362 e. The van der Waals surface area contributed by atoms with Gasteiger partial charge in [0.25, 0.3) is 0 Å². The van der Waals surface area contributed by atoms with Crippen LogP contribution in [0.2, 0.25) is 0 Å². The molecule has 0 amide bonds. The number of Topliss-reactive ketones (excluding diaryl/α,β-unsaturated/α-hetero) is 2. The highest BCUT2D eigenvalue weighted by atomic mass is 16.2. The van der Waals surface area contributed by atoms with Gasteiger partial charge in [-0.25, -0.2) is 0 Å². The molecule has 0 atom stereocenters. The van der Waals surface area contributed by atoms with Gasteiger partial charge in [0.1, 0.15) is 23.2 Å². The van der Waals surface area contributed by atoms with Crippen molar-refractivity contribution in [3.63, 3.8) is 0 Å². The molecule has 2 spiro atoms. The molecule has 2 heterocycles. The van der Waals surface area contributed by atoms with Crippen LogP contribution >= 0.6 is 0 Å². The molecule has 0 saturated heterocycles. The second-order valence-corrected chi connectivity index (χ2v) is 18.4. The summed E-state index contributed by atoms with van der Waals surface area (Å²) in [6, 6.07) is 21.4. The van der Waals surface area contributed by atoms with Crippen LogP contribution in [0.25, 0.3) is 21.5 Å². The first-order valence-corrected chi connectivity index (χ1v) is 19.8. The maximum absolute atomic E-state index is 14.3. The van der Waals surface area contributed by atoms with Crippen LogP contribution in [-0.4, -0.2) is 22.9 Å². The molecule has 4 N–H and O–H groups in total. The van der Waals surface area contributed by atoms with Gasteiger partial charge in [-0.05, 0) is 134 Å². The molecule has 4 aromatic rings. The van der Waals surface area contributed by atoms with E-state index in [-0.39, 0.29) is 22.9 Å². The van der Waals surface area contributed by atoms with Gasteiger partial charge in [-0.3, -0.25) is 9.59 Å². The lowest BCUT2D eigenvalue weighted by atomic mass is 9.51. The first-order chi connectivity index (χ1) is 24.5. The number of rotatable bonds is 2. The Balaban J connectivity index is 0.840. The van der Waals surface area contributed by atoms with E-state index < -0.39 is 11.8 Å². The highest BCUT2D eigenvalue weighted by Gasteiger charge is 2.60. The van der Waals surface area contributed by atoms with E-state index in [9.17, 15) is 9.59 Å². The molecule has 0 unspecified atom stereocenters. The molecule has 8 bridgehead atoms. The fourth-order valence-corrected chi connectivity index (χ4v) is 14.5. The van der Waals surface area contributed by atoms with Crippen molar-refractivity contribution in [2.75, 3.05) is 21.3 Å². The predicted molar refractivity (Wildman–Crippen MR) is 197 cm³/mol. The maximum Gasteiger partial charge on any atom is 0.162 e. The van der Waals surface area contributed by atoms with Crippen LogP contribution in [0.15, 0.2) is 60.7 Å². The van der Waals surface area contributed by atoms with Crippen LogP contribution in [0.5, 0.6) is 0 Å². The third kappa shape index (κ3) is 3.25. The molecule has 50 heavy (non-hydrogen) atoms. The Morgan fingerprint density at radius 2 is 0.760 bits per heavy atom. The smallest absolute Gasteiger partial charge is 0.162 e. The van der Waals surface area contributed by atoms with Crippen LogP contribution in [0, 0.1) is 47.3 Å². The van der Waals surface area contributed by atoms with Gasteiger partial charge in [0.2, 0.25) is 0 Å². The summed E-state index contributed by atoms with van der Waals surface area (Å²) in [6.45, 7) is 0. The third-order valence-corrected chi connectivity index (χ3v) is 16.1. The lowest BCUT2D eigenvalue weighted by molar-refractivity contribution is -0.142. The highest BCUT2D eigenvalue weighted by Crippen LogP contribution is 2.63. The molecule has 9 fully saturated rings. The van der Waals surface area contributed by atoms with Crippen molar-refractivity contribution in [1.29, 1.82) is 0 Å². The number of anilines is 4. The fourth-order valence-electron chi connectivity index (χ4n) is 14.5. The number of carbonyl (C=O) groups is 2. The normalized spacial score (nSPS) is 42.1. The van der Waals surface area contributed by atoms with Crippen molar-refractivity contribution in [3.05, 3.63) is 71.8 Å². The molecule has 15 rings (SSSR count). The van der Waals surface area contributed by atoms with Gasteiger partial charge in [0.15, 0.2) is 11.6 Å². The van der Waals surface area contributed by atoms with Gasteiger partial charge < -0.3 is 21.3 Å². The van der Waals surface area contributed by atoms with E-state index in [1.54, 1.807) is 0 Å². The number of nitrogens with one attached hydrogen (secondary N) is 4. The molecule has 9 aliphatic carbocycles. The Kier molecular flexibility index (Phi) is 5.00. The second-order valence-electron chi connectivity index (χ2n) is 18.4. The maximum atomic E-state index is 14.3. The number of hydrogen-bond acceptors (Lipinski definition) is 6. The Hall–Kier alpha value is -4.06. The van der Waals surface area contributed by atoms with Crippen molar-refractivity contribution in [3.8, 4) is 0 Å². The second kappa shape index (κ2) is 9.05. The summed E-state index contributed by atoms with van der Waals surface area (Å²) in [7, 11) is 0. The standard InChI is InChI=1S/C44H44N4O2/c49-41-39(31-7-9-35-37-29(31)3-1-5-33(37)45-43(47-35)25-13-21-11-22(15-25)16-26(43)14-21)42(50)40(41)32-8-10-36-38-30(32)4-2-6-34(38)46-44(48-36)27-17-23-12-24(19-27)20-28(44)18-23/h1-10,21-28,39-40,45-48H,11-20H2. The Morgan fingerprint density at radius 3 is 1.12 bits per heavy atom. The van der Waals surface area contributed by atoms with Gasteiger partial charge in [0.05, 0.1) is 0 Å². The lowest BCUT2D eigenvalue weighted by Crippen LogP contribution is -2.66. The fraction of sp³-hybridized carbons (Fsp3) is 0.500. The van der Waals surface area contributed by atoms with E-state index in [2.05, 4.69) is 81.9 Å². The molecule has 6 heteroatoms. The summed E-state index contributed by atoms with van der Waals surface area (Å²) < 4.78 is 0. The number of ketones is 2. The topological polar surface area (TPSA) is 82.3 Å². The molecule has 0 radical (unpaired) electrons.